The van der Waals surface area contributed by atoms with Gasteiger partial charge in [-0.1, -0.05) is 106 Å². The highest BCUT2D eigenvalue weighted by Crippen LogP contribution is 2.43. The maximum atomic E-state index is 14.7. The van der Waals surface area contributed by atoms with Gasteiger partial charge in [0.05, 0.1) is 12.1 Å². The fraction of sp³-hybridized carbons (Fsp3) is 0.474. The van der Waals surface area contributed by atoms with E-state index in [0.29, 0.717) is 87.5 Å². The molecule has 4 heterocycles. The van der Waals surface area contributed by atoms with Crippen LogP contribution in [0.1, 0.15) is 109 Å². The predicted molar refractivity (Wildman–Crippen MR) is 280 cm³/mol. The number of hydrogen-bond donors (Lipinski definition) is 2. The van der Waals surface area contributed by atoms with Gasteiger partial charge >= 0.3 is 24.2 Å². The quantitative estimate of drug-likeness (QED) is 0.168. The zero-order chi connectivity index (χ0) is 52.0. The van der Waals surface area contributed by atoms with Gasteiger partial charge in [0.2, 0.25) is 0 Å². The van der Waals surface area contributed by atoms with Crippen molar-refractivity contribution in [2.24, 2.45) is 9.98 Å². The fourth-order valence-electron chi connectivity index (χ4n) is 11.6. The molecule has 6 aliphatic rings. The summed E-state index contributed by atoms with van der Waals surface area (Å²) in [6, 6.07) is 28.1. The van der Waals surface area contributed by atoms with Crippen molar-refractivity contribution in [3.63, 3.8) is 0 Å². The number of piperidine rings is 2. The Labute approximate surface area is 436 Å². The molecule has 4 aliphatic heterocycles. The Bertz CT molecular complexity index is 2540. The Morgan fingerprint density at radius 3 is 1.33 bits per heavy atom. The van der Waals surface area contributed by atoms with Crippen LogP contribution in [0.2, 0.25) is 0 Å². The number of urea groups is 2. The minimum absolute atomic E-state index is 0. The Hall–Kier alpha value is -6.98. The highest BCUT2D eigenvalue weighted by Gasteiger charge is 2.57. The van der Waals surface area contributed by atoms with E-state index in [0.717, 1.165) is 36.8 Å². The van der Waals surface area contributed by atoms with Gasteiger partial charge in [0.1, 0.15) is 59.9 Å². The molecule has 6 amide bonds. The molecule has 2 N–H and O–H groups in total. The van der Waals surface area contributed by atoms with E-state index in [2.05, 4.69) is 10.6 Å². The molecule has 2 aliphatic carbocycles. The van der Waals surface area contributed by atoms with E-state index in [9.17, 15) is 36.7 Å². The molecule has 2 spiro atoms. The van der Waals surface area contributed by atoms with Crippen molar-refractivity contribution >= 4 is 47.3 Å². The van der Waals surface area contributed by atoms with E-state index in [-0.39, 0.29) is 32.7 Å². The number of benzene rings is 4. The molecule has 4 aromatic rings. The van der Waals surface area contributed by atoms with Crippen molar-refractivity contribution in [3.8, 4) is 0 Å². The predicted octanol–water partition coefficient (Wildman–Crippen LogP) is 11.8. The number of nitrogens with zero attached hydrogens (tertiary/aromatic N) is 6. The number of anilines is 2. The molecule has 6 fully saturated rings. The van der Waals surface area contributed by atoms with Crippen LogP contribution in [0.3, 0.4) is 0 Å². The number of amidine groups is 2. The number of amides is 6. The van der Waals surface area contributed by atoms with E-state index >= 15 is 0 Å². The first kappa shape index (κ1) is 54.3. The summed E-state index contributed by atoms with van der Waals surface area (Å²) >= 11 is 0. The number of carbonyl (C=O) groups is 4. The van der Waals surface area contributed by atoms with Crippen LogP contribution >= 0.6 is 0 Å². The summed E-state index contributed by atoms with van der Waals surface area (Å²) in [5.74, 6) is -0.116. The third-order valence-corrected chi connectivity index (χ3v) is 15.4. The summed E-state index contributed by atoms with van der Waals surface area (Å²) < 4.78 is 69.0. The molecule has 0 bridgehead atoms. The SMILES string of the molecule is C.C[C@H]1C[C@]2(CCN1C(=O)OCc1ccccc1)C(=N[C@@H]1CCCC[C@H]1F)NC(=O)N2c1cccc(F)c1.C[C@H]1C[C@]2(CCN1C(=O)OCc1ccccc1)C(=N[C@H]1CCCC[C@@H]1F)NC(=O)N2c1cccc(F)c1. The van der Waals surface area contributed by atoms with E-state index in [4.69, 9.17) is 19.5 Å². The lowest BCUT2D eigenvalue weighted by Crippen LogP contribution is -2.60. The molecule has 4 saturated heterocycles. The second-order valence-corrected chi connectivity index (χ2v) is 20.3. The van der Waals surface area contributed by atoms with E-state index in [1.54, 1.807) is 34.1 Å². The van der Waals surface area contributed by atoms with Crippen LogP contribution in [0.5, 0.6) is 0 Å². The maximum Gasteiger partial charge on any atom is 0.410 e. The first-order chi connectivity index (χ1) is 35.7. The summed E-state index contributed by atoms with van der Waals surface area (Å²) in [7, 11) is 0. The third-order valence-electron chi connectivity index (χ3n) is 15.4. The van der Waals surface area contributed by atoms with Crippen LogP contribution < -0.4 is 20.4 Å². The molecule has 18 heteroatoms. The van der Waals surface area contributed by atoms with Gasteiger partial charge in [-0.3, -0.25) is 30.4 Å². The van der Waals surface area contributed by atoms with Crippen molar-refractivity contribution in [2.75, 3.05) is 22.9 Å². The van der Waals surface area contributed by atoms with Crippen LogP contribution in [-0.4, -0.2) is 106 Å². The number of alkyl halides is 2. The maximum absolute atomic E-state index is 14.7. The molecule has 0 aromatic heterocycles. The highest BCUT2D eigenvalue weighted by atomic mass is 19.1. The monoisotopic (exact) mass is 1040 g/mol. The van der Waals surface area contributed by atoms with Gasteiger partial charge < -0.3 is 19.3 Å². The molecular weight excluding hydrogens is 969 g/mol. The van der Waals surface area contributed by atoms with Gasteiger partial charge in [0, 0.05) is 36.5 Å². The van der Waals surface area contributed by atoms with Crippen molar-refractivity contribution in [1.82, 2.24) is 20.4 Å². The highest BCUT2D eigenvalue weighted by molar-refractivity contribution is 6.20. The molecule has 75 heavy (non-hydrogen) atoms. The van der Waals surface area contributed by atoms with Crippen LogP contribution in [0, 0.1) is 11.6 Å². The third kappa shape index (κ3) is 11.8. The smallest absolute Gasteiger partial charge is 0.410 e. The van der Waals surface area contributed by atoms with Gasteiger partial charge in [0.25, 0.3) is 0 Å². The summed E-state index contributed by atoms with van der Waals surface area (Å²) in [4.78, 5) is 68.4. The Morgan fingerprint density at radius 1 is 0.587 bits per heavy atom. The minimum Gasteiger partial charge on any atom is -0.445 e. The molecular formula is C57H68F4N8O6. The number of aliphatic imine (C=N–C) groups is 2. The molecule has 0 radical (unpaired) electrons. The zero-order valence-electron chi connectivity index (χ0n) is 41.8. The molecule has 10 rings (SSSR count). The number of ether oxygens (including phenoxy) is 2. The summed E-state index contributed by atoms with van der Waals surface area (Å²) in [6.07, 6.45) is 3.97. The number of hydrogen-bond acceptors (Lipinski definition) is 8. The Balaban J connectivity index is 0.000000197. The molecule has 14 nitrogen and oxygen atoms in total. The van der Waals surface area contributed by atoms with Gasteiger partial charge in [-0.05, 0) is 113 Å². The van der Waals surface area contributed by atoms with Crippen molar-refractivity contribution in [2.45, 2.75) is 159 Å². The van der Waals surface area contributed by atoms with E-state index in [1.807, 2.05) is 74.5 Å². The second-order valence-electron chi connectivity index (χ2n) is 20.3. The van der Waals surface area contributed by atoms with Crippen LogP contribution in [0.15, 0.2) is 119 Å². The molecule has 4 aromatic carbocycles. The number of nitrogens with one attached hydrogen (secondary N) is 2. The van der Waals surface area contributed by atoms with Gasteiger partial charge in [-0.25, -0.2) is 36.7 Å². The van der Waals surface area contributed by atoms with E-state index < -0.39 is 71.4 Å². The average molecular weight is 1040 g/mol. The molecule has 0 unspecified atom stereocenters. The summed E-state index contributed by atoms with van der Waals surface area (Å²) in [5, 5.41) is 5.75. The van der Waals surface area contributed by atoms with Crippen LogP contribution in [-0.2, 0) is 22.7 Å². The number of likely N-dealkylation sites (tertiary alicyclic amines) is 2. The topological polar surface area (TPSA) is 148 Å². The van der Waals surface area contributed by atoms with Gasteiger partial charge in [-0.2, -0.15) is 0 Å². The molecule has 400 valence electrons. The number of rotatable bonds is 8. The Morgan fingerprint density at radius 2 is 0.973 bits per heavy atom. The normalized spacial score (nSPS) is 28.6. The first-order valence-corrected chi connectivity index (χ1v) is 25.9. The van der Waals surface area contributed by atoms with Crippen molar-refractivity contribution in [1.29, 1.82) is 0 Å². The molecule has 8 atom stereocenters. The second kappa shape index (κ2) is 23.7. The number of carbonyl (C=O) groups excluding carboxylic acids is 4. The van der Waals surface area contributed by atoms with Gasteiger partial charge in [0.15, 0.2) is 0 Å². The summed E-state index contributed by atoms with van der Waals surface area (Å²) in [5.41, 5.74) is 0.686. The standard InChI is InChI=1S/2C28H32F2N4O3.CH4/c2*1-19-17-28(14-15-33(19)27(36)37-18-20-8-3-2-4-9-20)25(31-24-13-6-5-12-23(24)30)32-26(35)34(28)22-11-7-10-21(29)16-22;/h2*2-4,7-11,16,19,23-24H,5-6,12-15,17-18H2,1H3,(H,31,32,35);1H4/t19-,23+,24+,28+;19-,23-,24-,28+;/m00./s1. The lowest BCUT2D eigenvalue weighted by atomic mass is 9.81. The van der Waals surface area contributed by atoms with Crippen LogP contribution in [0.4, 0.5) is 48.1 Å². The lowest BCUT2D eigenvalue weighted by Gasteiger charge is -2.46. The largest absolute Gasteiger partial charge is 0.445 e. The Kier molecular flexibility index (Phi) is 17.2. The van der Waals surface area contributed by atoms with Crippen molar-refractivity contribution < 1.29 is 46.2 Å². The van der Waals surface area contributed by atoms with Crippen molar-refractivity contribution in [3.05, 3.63) is 132 Å². The number of halogens is 4. The first-order valence-electron chi connectivity index (χ1n) is 25.9. The van der Waals surface area contributed by atoms with E-state index in [1.165, 1.54) is 34.1 Å². The lowest BCUT2D eigenvalue weighted by molar-refractivity contribution is 0.0637. The fourth-order valence-corrected chi connectivity index (χ4v) is 11.6. The van der Waals surface area contributed by atoms with Crippen LogP contribution in [0.25, 0.3) is 0 Å². The summed E-state index contributed by atoms with van der Waals surface area (Å²) in [6.45, 7) is 4.73. The molecule has 2 saturated carbocycles. The minimum atomic E-state index is -1.07. The average Bonchev–Trinajstić information content (AvgIpc) is 3.80. The van der Waals surface area contributed by atoms with Gasteiger partial charge in [-0.15, -0.1) is 0 Å². The zero-order valence-corrected chi connectivity index (χ0v) is 41.8.